The quantitative estimate of drug-likeness (QED) is 0.106. The Kier molecular flexibility index (Phi) is 13.0. The van der Waals surface area contributed by atoms with Crippen LogP contribution in [-0.2, 0) is 38.1 Å². The maximum absolute atomic E-state index is 12.7. The fourth-order valence-corrected chi connectivity index (χ4v) is 2.68. The Morgan fingerprint density at radius 2 is 1.03 bits per heavy atom. The van der Waals surface area contributed by atoms with Gasteiger partial charge in [0.1, 0.15) is 5.57 Å². The summed E-state index contributed by atoms with van der Waals surface area (Å²) in [5.41, 5.74) is -2.58. The summed E-state index contributed by atoms with van der Waals surface area (Å²) in [7, 11) is 0. The Balaban J connectivity index is 0.000000662. The number of carbonyl (C=O) groups is 4. The standard InChI is InChI=1S/C12H18F2O4.C11H16F2O4/c1-6(2)17-10(15)12(5-8(12)9(13)14)11(16)18-7(3)4;1-6(2)16-10(14)8(5-9(12)13)11(15)17-7(3)4/h6-9H,5H2,1-4H3;5-7,9H,1-4H3. The van der Waals surface area contributed by atoms with Gasteiger partial charge in [0.2, 0.25) is 6.43 Å². The lowest BCUT2D eigenvalue weighted by Gasteiger charge is -2.18. The van der Waals surface area contributed by atoms with Crippen molar-refractivity contribution in [3.63, 3.8) is 0 Å². The van der Waals surface area contributed by atoms with E-state index in [1.807, 2.05) is 0 Å². The van der Waals surface area contributed by atoms with E-state index in [-0.39, 0.29) is 12.5 Å². The van der Waals surface area contributed by atoms with E-state index in [9.17, 15) is 36.7 Å². The monoisotopic (exact) mass is 514 g/mol. The van der Waals surface area contributed by atoms with Gasteiger partial charge in [-0.25, -0.2) is 27.2 Å². The Labute approximate surface area is 202 Å². The van der Waals surface area contributed by atoms with Crippen LogP contribution < -0.4 is 0 Å². The van der Waals surface area contributed by atoms with Gasteiger partial charge in [-0.05, 0) is 61.8 Å². The van der Waals surface area contributed by atoms with Crippen LogP contribution in [0.15, 0.2) is 11.6 Å². The SMILES string of the molecule is CC(C)OC(=O)C(=CC(F)F)C(=O)OC(C)C.CC(C)OC(=O)C1(C(=O)OC(C)C)CC1C(F)F. The molecule has 0 aromatic carbocycles. The van der Waals surface area contributed by atoms with Crippen LogP contribution >= 0.6 is 0 Å². The van der Waals surface area contributed by atoms with Crippen molar-refractivity contribution in [2.75, 3.05) is 0 Å². The maximum atomic E-state index is 12.7. The van der Waals surface area contributed by atoms with Crippen LogP contribution in [0.25, 0.3) is 0 Å². The van der Waals surface area contributed by atoms with Crippen LogP contribution in [0.5, 0.6) is 0 Å². The number of carbonyl (C=O) groups excluding carboxylic acids is 4. The number of hydrogen-bond donors (Lipinski definition) is 0. The van der Waals surface area contributed by atoms with Crippen LogP contribution in [-0.4, -0.2) is 61.1 Å². The maximum Gasteiger partial charge on any atom is 0.345 e. The summed E-state index contributed by atoms with van der Waals surface area (Å²) < 4.78 is 68.9. The summed E-state index contributed by atoms with van der Waals surface area (Å²) in [5, 5.41) is 0. The molecule has 35 heavy (non-hydrogen) atoms. The van der Waals surface area contributed by atoms with E-state index in [1.54, 1.807) is 55.4 Å². The molecule has 1 rings (SSSR count). The highest BCUT2D eigenvalue weighted by molar-refractivity contribution is 6.14. The van der Waals surface area contributed by atoms with Crippen LogP contribution in [0.4, 0.5) is 17.6 Å². The number of hydrogen-bond acceptors (Lipinski definition) is 8. The predicted octanol–water partition coefficient (Wildman–Crippen LogP) is 4.24. The summed E-state index contributed by atoms with van der Waals surface area (Å²) >= 11 is 0. The summed E-state index contributed by atoms with van der Waals surface area (Å²) in [6, 6.07) is 0. The van der Waals surface area contributed by atoms with Gasteiger partial charge in [-0.3, -0.25) is 9.59 Å². The first-order chi connectivity index (χ1) is 15.9. The average Bonchev–Trinajstić information content (AvgIpc) is 3.41. The van der Waals surface area contributed by atoms with E-state index in [2.05, 4.69) is 9.47 Å². The summed E-state index contributed by atoms with van der Waals surface area (Å²) in [6.07, 6.45) is -7.56. The number of alkyl halides is 4. The van der Waals surface area contributed by atoms with Gasteiger partial charge in [-0.15, -0.1) is 0 Å². The Hall–Kier alpha value is -2.66. The van der Waals surface area contributed by atoms with Crippen molar-refractivity contribution in [3.8, 4) is 0 Å². The number of ether oxygens (including phenoxy) is 4. The second-order valence-electron chi connectivity index (χ2n) is 8.85. The topological polar surface area (TPSA) is 105 Å². The molecule has 1 saturated carbocycles. The molecule has 0 aromatic rings. The second kappa shape index (κ2) is 14.0. The lowest BCUT2D eigenvalue weighted by atomic mass is 10.0. The zero-order valence-electron chi connectivity index (χ0n) is 21.1. The first-order valence-corrected chi connectivity index (χ1v) is 11.1. The minimum atomic E-state index is -2.93. The van der Waals surface area contributed by atoms with Crippen molar-refractivity contribution in [1.29, 1.82) is 0 Å². The van der Waals surface area contributed by atoms with E-state index in [0.717, 1.165) is 0 Å². The molecule has 12 heteroatoms. The molecule has 1 unspecified atom stereocenters. The summed E-state index contributed by atoms with van der Waals surface area (Å²) in [6.45, 7) is 12.6. The van der Waals surface area contributed by atoms with E-state index in [4.69, 9.17) is 9.47 Å². The van der Waals surface area contributed by atoms with Gasteiger partial charge in [-0.1, -0.05) is 0 Å². The van der Waals surface area contributed by atoms with Crippen molar-refractivity contribution in [1.82, 2.24) is 0 Å². The minimum absolute atomic E-state index is 0.207. The lowest BCUT2D eigenvalue weighted by Crippen LogP contribution is -2.35. The largest absolute Gasteiger partial charge is 0.462 e. The Bertz CT molecular complexity index is 729. The molecular weight excluding hydrogens is 480 g/mol. The summed E-state index contributed by atoms with van der Waals surface area (Å²) in [4.78, 5) is 46.4. The summed E-state index contributed by atoms with van der Waals surface area (Å²) in [5.74, 6) is -5.33. The number of rotatable bonds is 10. The molecule has 0 radical (unpaired) electrons. The van der Waals surface area contributed by atoms with Crippen LogP contribution in [0.3, 0.4) is 0 Å². The van der Waals surface area contributed by atoms with Crippen LogP contribution in [0.1, 0.15) is 61.8 Å². The van der Waals surface area contributed by atoms with Crippen molar-refractivity contribution in [2.24, 2.45) is 11.3 Å². The van der Waals surface area contributed by atoms with Crippen molar-refractivity contribution >= 4 is 23.9 Å². The first kappa shape index (κ1) is 32.3. The number of esters is 4. The molecule has 1 fully saturated rings. The third kappa shape index (κ3) is 10.6. The van der Waals surface area contributed by atoms with Crippen molar-refractivity contribution in [2.45, 2.75) is 99.1 Å². The third-order valence-corrected chi connectivity index (χ3v) is 4.15. The van der Waals surface area contributed by atoms with Crippen LogP contribution in [0.2, 0.25) is 0 Å². The highest BCUT2D eigenvalue weighted by atomic mass is 19.3. The van der Waals surface area contributed by atoms with Gasteiger partial charge >= 0.3 is 23.9 Å². The molecule has 1 aliphatic rings. The van der Waals surface area contributed by atoms with Crippen molar-refractivity contribution < 1.29 is 55.7 Å². The molecular formula is C23H34F4O8. The fourth-order valence-electron chi connectivity index (χ4n) is 2.68. The molecule has 1 atom stereocenters. The third-order valence-electron chi connectivity index (χ3n) is 4.15. The molecule has 8 nitrogen and oxygen atoms in total. The molecule has 1 aliphatic carbocycles. The highest BCUT2D eigenvalue weighted by Gasteiger charge is 2.71. The smallest absolute Gasteiger partial charge is 0.345 e. The van der Waals surface area contributed by atoms with Gasteiger partial charge in [0, 0.05) is 12.0 Å². The minimum Gasteiger partial charge on any atom is -0.462 e. The average molecular weight is 515 g/mol. The van der Waals surface area contributed by atoms with Gasteiger partial charge < -0.3 is 18.9 Å². The Morgan fingerprint density at radius 3 is 1.26 bits per heavy atom. The van der Waals surface area contributed by atoms with E-state index < -0.39 is 78.0 Å². The molecule has 0 N–H and O–H groups in total. The lowest BCUT2D eigenvalue weighted by molar-refractivity contribution is -0.171. The van der Waals surface area contributed by atoms with Crippen LogP contribution in [0, 0.1) is 11.3 Å². The molecule has 202 valence electrons. The van der Waals surface area contributed by atoms with E-state index in [1.165, 1.54) is 0 Å². The molecule has 0 aliphatic heterocycles. The van der Waals surface area contributed by atoms with E-state index >= 15 is 0 Å². The van der Waals surface area contributed by atoms with Gasteiger partial charge in [0.25, 0.3) is 6.43 Å². The molecule has 0 heterocycles. The molecule has 0 spiro atoms. The normalized spacial score (nSPS) is 16.1. The fraction of sp³-hybridized carbons (Fsp3) is 0.739. The molecule has 0 aromatic heterocycles. The van der Waals surface area contributed by atoms with Gasteiger partial charge in [0.15, 0.2) is 5.41 Å². The van der Waals surface area contributed by atoms with Gasteiger partial charge in [-0.2, -0.15) is 0 Å². The van der Waals surface area contributed by atoms with Crippen molar-refractivity contribution in [3.05, 3.63) is 11.6 Å². The highest BCUT2D eigenvalue weighted by Crippen LogP contribution is 2.57. The molecule has 0 bridgehead atoms. The Morgan fingerprint density at radius 1 is 0.686 bits per heavy atom. The molecule has 0 amide bonds. The predicted molar refractivity (Wildman–Crippen MR) is 116 cm³/mol. The van der Waals surface area contributed by atoms with Gasteiger partial charge in [0.05, 0.1) is 24.4 Å². The number of allylic oxidation sites excluding steroid dienone is 1. The number of halogens is 4. The van der Waals surface area contributed by atoms with E-state index in [0.29, 0.717) is 0 Å². The molecule has 0 saturated heterocycles. The second-order valence-corrected chi connectivity index (χ2v) is 8.85. The zero-order chi connectivity index (χ0) is 27.7. The first-order valence-electron chi connectivity index (χ1n) is 11.1. The zero-order valence-corrected chi connectivity index (χ0v) is 21.1.